The molecule has 1 aromatic heterocycles. The number of nitrogens with zero attached hydrogens (tertiary/aromatic N) is 1. The number of ether oxygens (including phenoxy) is 1. The summed E-state index contributed by atoms with van der Waals surface area (Å²) in [5.41, 5.74) is 0.954. The molecule has 5 nitrogen and oxygen atoms in total. The third-order valence-corrected chi connectivity index (χ3v) is 3.91. The van der Waals surface area contributed by atoms with Crippen molar-refractivity contribution >= 4 is 23.2 Å². The summed E-state index contributed by atoms with van der Waals surface area (Å²) in [6.07, 6.45) is 0. The zero-order valence-electron chi connectivity index (χ0n) is 12.2. The molecule has 0 bridgehead atoms. The van der Waals surface area contributed by atoms with Gasteiger partial charge in [-0.2, -0.15) is 0 Å². The van der Waals surface area contributed by atoms with Gasteiger partial charge in [0, 0.05) is 12.1 Å². The minimum absolute atomic E-state index is 0.0434. The van der Waals surface area contributed by atoms with Crippen LogP contribution in [0.1, 0.15) is 25.9 Å². The minimum Gasteiger partial charge on any atom is -0.451 e. The Kier molecular flexibility index (Phi) is 5.21. The van der Waals surface area contributed by atoms with E-state index in [1.54, 1.807) is 32.0 Å². The second-order valence-electron chi connectivity index (χ2n) is 4.59. The Morgan fingerprint density at radius 1 is 1.32 bits per heavy atom. The van der Waals surface area contributed by atoms with Crippen LogP contribution in [0.5, 0.6) is 0 Å². The maximum atomic E-state index is 13.4. The second-order valence-corrected chi connectivity index (χ2v) is 5.79. The van der Waals surface area contributed by atoms with E-state index < -0.39 is 24.3 Å². The lowest BCUT2D eigenvalue weighted by molar-refractivity contribution is -0.124. The highest BCUT2D eigenvalue weighted by atomic mass is 32.1. The Balaban J connectivity index is 1.82. The van der Waals surface area contributed by atoms with Gasteiger partial charge in [0.05, 0.1) is 10.7 Å². The lowest BCUT2D eigenvalue weighted by Gasteiger charge is -2.07. The monoisotopic (exact) mass is 322 g/mol. The molecule has 0 atom stereocenters. The Hall–Kier alpha value is -2.28. The molecule has 0 spiro atoms. The quantitative estimate of drug-likeness (QED) is 0.858. The van der Waals surface area contributed by atoms with E-state index >= 15 is 0 Å². The van der Waals surface area contributed by atoms with Gasteiger partial charge in [-0.1, -0.05) is 18.2 Å². The second kappa shape index (κ2) is 7.13. The van der Waals surface area contributed by atoms with Crippen molar-refractivity contribution in [3.05, 3.63) is 51.2 Å². The standard InChI is InChI=1S/C15H15FN2O3S/c1-9-14(22-10(2)18-9)15(20)21-8-13(19)17-7-11-5-3-4-6-12(11)16/h3-6H,7-8H2,1-2H3,(H,17,19). The van der Waals surface area contributed by atoms with E-state index in [9.17, 15) is 14.0 Å². The van der Waals surface area contributed by atoms with Gasteiger partial charge in [0.25, 0.3) is 5.91 Å². The van der Waals surface area contributed by atoms with E-state index in [0.717, 1.165) is 5.01 Å². The number of hydrogen-bond acceptors (Lipinski definition) is 5. The van der Waals surface area contributed by atoms with E-state index in [2.05, 4.69) is 10.3 Å². The van der Waals surface area contributed by atoms with E-state index in [0.29, 0.717) is 16.1 Å². The van der Waals surface area contributed by atoms with Crippen molar-refractivity contribution in [3.63, 3.8) is 0 Å². The van der Waals surface area contributed by atoms with Crippen LogP contribution in [0.2, 0.25) is 0 Å². The molecule has 0 aliphatic heterocycles. The predicted octanol–water partition coefficient (Wildman–Crippen LogP) is 2.37. The molecule has 7 heteroatoms. The molecule has 0 radical (unpaired) electrons. The van der Waals surface area contributed by atoms with Gasteiger partial charge in [-0.3, -0.25) is 4.79 Å². The van der Waals surface area contributed by atoms with Gasteiger partial charge in [0.15, 0.2) is 6.61 Å². The molecule has 2 rings (SSSR count). The molecule has 116 valence electrons. The fourth-order valence-corrected chi connectivity index (χ4v) is 2.62. The van der Waals surface area contributed by atoms with Gasteiger partial charge in [-0.15, -0.1) is 11.3 Å². The van der Waals surface area contributed by atoms with Gasteiger partial charge in [0.1, 0.15) is 10.7 Å². The molecule has 0 unspecified atom stereocenters. The number of aromatic nitrogens is 1. The van der Waals surface area contributed by atoms with Crippen LogP contribution in [0.25, 0.3) is 0 Å². The van der Waals surface area contributed by atoms with Crippen LogP contribution in [-0.2, 0) is 16.1 Å². The Morgan fingerprint density at radius 3 is 2.68 bits per heavy atom. The van der Waals surface area contributed by atoms with Gasteiger partial charge in [-0.25, -0.2) is 14.2 Å². The largest absolute Gasteiger partial charge is 0.451 e. The molecule has 1 aromatic carbocycles. The fraction of sp³-hybridized carbons (Fsp3) is 0.267. The third kappa shape index (κ3) is 4.11. The third-order valence-electron chi connectivity index (χ3n) is 2.86. The Bertz CT molecular complexity index is 700. The Labute approximate surface area is 131 Å². The first kappa shape index (κ1) is 16.1. The van der Waals surface area contributed by atoms with Crippen molar-refractivity contribution in [1.29, 1.82) is 0 Å². The smallest absolute Gasteiger partial charge is 0.350 e. The SMILES string of the molecule is Cc1nc(C)c(C(=O)OCC(=O)NCc2ccccc2F)s1. The number of esters is 1. The van der Waals surface area contributed by atoms with Crippen molar-refractivity contribution in [2.24, 2.45) is 0 Å². The topological polar surface area (TPSA) is 68.3 Å². The highest BCUT2D eigenvalue weighted by molar-refractivity contribution is 7.13. The van der Waals surface area contributed by atoms with Crippen LogP contribution in [0.3, 0.4) is 0 Å². The van der Waals surface area contributed by atoms with Crippen LogP contribution in [-0.4, -0.2) is 23.5 Å². The van der Waals surface area contributed by atoms with Gasteiger partial charge < -0.3 is 10.1 Å². The van der Waals surface area contributed by atoms with Crippen LogP contribution in [0.15, 0.2) is 24.3 Å². The summed E-state index contributed by atoms with van der Waals surface area (Å²) < 4.78 is 18.3. The summed E-state index contributed by atoms with van der Waals surface area (Å²) in [4.78, 5) is 28.0. The van der Waals surface area contributed by atoms with Crippen LogP contribution >= 0.6 is 11.3 Å². The van der Waals surface area contributed by atoms with Crippen molar-refractivity contribution in [3.8, 4) is 0 Å². The summed E-state index contributed by atoms with van der Waals surface area (Å²) in [6, 6.07) is 6.14. The highest BCUT2D eigenvalue weighted by Gasteiger charge is 2.16. The number of hydrogen-bond donors (Lipinski definition) is 1. The van der Waals surface area contributed by atoms with Gasteiger partial charge in [0.2, 0.25) is 0 Å². The summed E-state index contributed by atoms with van der Waals surface area (Å²) in [7, 11) is 0. The van der Waals surface area contributed by atoms with Gasteiger partial charge >= 0.3 is 5.97 Å². The van der Waals surface area contributed by atoms with E-state index in [1.807, 2.05) is 0 Å². The maximum absolute atomic E-state index is 13.4. The molecule has 2 aromatic rings. The van der Waals surface area contributed by atoms with Crippen LogP contribution < -0.4 is 5.32 Å². The number of halogens is 1. The summed E-state index contributed by atoms with van der Waals surface area (Å²) in [5.74, 6) is -1.46. The number of rotatable bonds is 5. The number of benzene rings is 1. The first-order valence-corrected chi connectivity index (χ1v) is 7.40. The number of amides is 1. The molecule has 1 N–H and O–H groups in total. The average Bonchev–Trinajstić information content (AvgIpc) is 2.82. The van der Waals surface area contributed by atoms with E-state index in [-0.39, 0.29) is 6.54 Å². The average molecular weight is 322 g/mol. The molecule has 0 fully saturated rings. The molecule has 1 heterocycles. The van der Waals surface area contributed by atoms with Crippen LogP contribution in [0, 0.1) is 19.7 Å². The zero-order valence-corrected chi connectivity index (χ0v) is 13.0. The maximum Gasteiger partial charge on any atom is 0.350 e. The van der Waals surface area contributed by atoms with E-state index in [4.69, 9.17) is 4.74 Å². The molecule has 22 heavy (non-hydrogen) atoms. The summed E-state index contributed by atoms with van der Waals surface area (Å²) in [5, 5.41) is 3.26. The molecule has 0 saturated carbocycles. The number of nitrogens with one attached hydrogen (secondary N) is 1. The van der Waals surface area contributed by atoms with Crippen LogP contribution in [0.4, 0.5) is 4.39 Å². The normalized spacial score (nSPS) is 10.3. The fourth-order valence-electron chi connectivity index (χ4n) is 1.80. The molecule has 0 aliphatic rings. The number of carbonyl (C=O) groups is 2. The summed E-state index contributed by atoms with van der Waals surface area (Å²) in [6.45, 7) is 3.12. The number of aryl methyl sites for hydroxylation is 2. The van der Waals surface area contributed by atoms with Crippen molar-refractivity contribution < 1.29 is 18.7 Å². The lowest BCUT2D eigenvalue weighted by atomic mass is 10.2. The molecular weight excluding hydrogens is 307 g/mol. The number of carbonyl (C=O) groups excluding carboxylic acids is 2. The molecular formula is C15H15FN2O3S. The highest BCUT2D eigenvalue weighted by Crippen LogP contribution is 2.17. The lowest BCUT2D eigenvalue weighted by Crippen LogP contribution is -2.28. The van der Waals surface area contributed by atoms with Gasteiger partial charge in [-0.05, 0) is 19.9 Å². The van der Waals surface area contributed by atoms with Crippen molar-refractivity contribution in [2.45, 2.75) is 20.4 Å². The number of thiazole rings is 1. The molecule has 0 aliphatic carbocycles. The Morgan fingerprint density at radius 2 is 2.05 bits per heavy atom. The van der Waals surface area contributed by atoms with E-state index in [1.165, 1.54) is 17.4 Å². The molecule has 0 saturated heterocycles. The zero-order chi connectivity index (χ0) is 16.1. The summed E-state index contributed by atoms with van der Waals surface area (Å²) >= 11 is 1.22. The van der Waals surface area contributed by atoms with Crippen molar-refractivity contribution in [1.82, 2.24) is 10.3 Å². The predicted molar refractivity (Wildman–Crippen MR) is 80.1 cm³/mol. The first-order valence-electron chi connectivity index (χ1n) is 6.58. The van der Waals surface area contributed by atoms with Crippen molar-refractivity contribution in [2.75, 3.05) is 6.61 Å². The first-order chi connectivity index (χ1) is 10.5. The molecule has 1 amide bonds. The minimum atomic E-state index is -0.579.